The number of hydrogen-bond acceptors (Lipinski definition) is 4. The van der Waals surface area contributed by atoms with E-state index in [-0.39, 0.29) is 17.0 Å². The van der Waals surface area contributed by atoms with Crippen LogP contribution in [0.2, 0.25) is 0 Å². The molecule has 20 heavy (non-hydrogen) atoms. The Kier molecular flexibility index (Phi) is 3.06. The molecular weight excluding hydrogens is 258 g/mol. The highest BCUT2D eigenvalue weighted by Crippen LogP contribution is 2.25. The van der Waals surface area contributed by atoms with E-state index in [2.05, 4.69) is 10.1 Å². The highest BCUT2D eigenvalue weighted by molar-refractivity contribution is 6.06. The van der Waals surface area contributed by atoms with Crippen LogP contribution in [0.1, 0.15) is 44.9 Å². The highest BCUT2D eigenvalue weighted by Gasteiger charge is 2.29. The quantitative estimate of drug-likeness (QED) is 0.915. The SMILES string of the molecule is O=C(O)c1nn(Cc2ccncc2)c2c1C(=O)CCC2. The fourth-order valence-corrected chi connectivity index (χ4v) is 2.53. The van der Waals surface area contributed by atoms with Gasteiger partial charge >= 0.3 is 5.97 Å². The van der Waals surface area contributed by atoms with Gasteiger partial charge in [-0.3, -0.25) is 14.5 Å². The molecule has 2 aromatic rings. The lowest BCUT2D eigenvalue weighted by molar-refractivity contribution is 0.0684. The summed E-state index contributed by atoms with van der Waals surface area (Å²) in [6.45, 7) is 0.450. The Morgan fingerprint density at radius 2 is 2.05 bits per heavy atom. The highest BCUT2D eigenvalue weighted by atomic mass is 16.4. The summed E-state index contributed by atoms with van der Waals surface area (Å²) in [6.07, 6.45) is 5.18. The van der Waals surface area contributed by atoms with Gasteiger partial charge in [-0.05, 0) is 30.5 Å². The number of pyridine rings is 1. The molecule has 1 aliphatic carbocycles. The van der Waals surface area contributed by atoms with Gasteiger partial charge in [0.05, 0.1) is 17.8 Å². The predicted octanol–water partition coefficient (Wildman–Crippen LogP) is 1.54. The standard InChI is InChI=1S/C14H13N3O3/c18-11-3-1-2-10-12(11)13(14(19)20)16-17(10)8-9-4-6-15-7-5-9/h4-7H,1-3,8H2,(H,19,20). The van der Waals surface area contributed by atoms with Gasteiger partial charge in [-0.2, -0.15) is 5.10 Å². The molecule has 0 saturated heterocycles. The van der Waals surface area contributed by atoms with Crippen molar-refractivity contribution in [2.45, 2.75) is 25.8 Å². The molecule has 6 heteroatoms. The Hall–Kier alpha value is -2.50. The molecule has 0 amide bonds. The lowest BCUT2D eigenvalue weighted by atomic mass is 9.94. The fourth-order valence-electron chi connectivity index (χ4n) is 2.53. The molecule has 0 radical (unpaired) electrons. The maximum absolute atomic E-state index is 11.9. The third-order valence-corrected chi connectivity index (χ3v) is 3.44. The van der Waals surface area contributed by atoms with Crippen molar-refractivity contribution in [3.63, 3.8) is 0 Å². The molecule has 0 aromatic carbocycles. The average molecular weight is 271 g/mol. The summed E-state index contributed by atoms with van der Waals surface area (Å²) in [4.78, 5) is 27.1. The van der Waals surface area contributed by atoms with Crippen molar-refractivity contribution in [3.05, 3.63) is 47.0 Å². The maximum atomic E-state index is 11.9. The van der Waals surface area contributed by atoms with E-state index < -0.39 is 5.97 Å². The van der Waals surface area contributed by atoms with E-state index in [1.807, 2.05) is 12.1 Å². The smallest absolute Gasteiger partial charge is 0.357 e. The van der Waals surface area contributed by atoms with E-state index in [1.54, 1.807) is 17.1 Å². The molecule has 0 spiro atoms. The monoisotopic (exact) mass is 271 g/mol. The number of carbonyl (C=O) groups is 2. The number of carboxylic acids is 1. The summed E-state index contributed by atoms with van der Waals surface area (Å²) < 4.78 is 1.63. The third-order valence-electron chi connectivity index (χ3n) is 3.44. The van der Waals surface area contributed by atoms with Crippen LogP contribution in [0.25, 0.3) is 0 Å². The number of hydrogen-bond donors (Lipinski definition) is 1. The van der Waals surface area contributed by atoms with Gasteiger partial charge in [0.15, 0.2) is 11.5 Å². The zero-order valence-corrected chi connectivity index (χ0v) is 10.7. The Bertz CT molecular complexity index is 676. The minimum Gasteiger partial charge on any atom is -0.476 e. The second-order valence-corrected chi connectivity index (χ2v) is 4.77. The molecule has 0 unspecified atom stereocenters. The lowest BCUT2D eigenvalue weighted by Crippen LogP contribution is -2.15. The number of carbonyl (C=O) groups excluding carboxylic acids is 1. The maximum Gasteiger partial charge on any atom is 0.357 e. The van der Waals surface area contributed by atoms with Crippen molar-refractivity contribution in [2.24, 2.45) is 0 Å². The van der Waals surface area contributed by atoms with Crippen molar-refractivity contribution in [1.29, 1.82) is 0 Å². The van der Waals surface area contributed by atoms with E-state index >= 15 is 0 Å². The molecule has 1 aliphatic rings. The molecule has 2 aromatic heterocycles. The normalized spacial score (nSPS) is 14.1. The van der Waals surface area contributed by atoms with E-state index in [1.165, 1.54) is 0 Å². The Balaban J connectivity index is 2.06. The molecule has 1 N–H and O–H groups in total. The van der Waals surface area contributed by atoms with Crippen LogP contribution < -0.4 is 0 Å². The zero-order chi connectivity index (χ0) is 14.1. The van der Waals surface area contributed by atoms with Gasteiger partial charge in [-0.1, -0.05) is 0 Å². The molecule has 0 bridgehead atoms. The molecule has 0 saturated carbocycles. The molecule has 6 nitrogen and oxygen atoms in total. The molecule has 3 rings (SSSR count). The number of aromatic carboxylic acids is 1. The number of aromatic nitrogens is 3. The number of carboxylic acid groups (broad SMARTS) is 1. The first kappa shape index (κ1) is 12.5. The van der Waals surface area contributed by atoms with Crippen LogP contribution in [0, 0.1) is 0 Å². The van der Waals surface area contributed by atoms with Crippen molar-refractivity contribution in [3.8, 4) is 0 Å². The first-order valence-electron chi connectivity index (χ1n) is 6.42. The largest absolute Gasteiger partial charge is 0.476 e. The summed E-state index contributed by atoms with van der Waals surface area (Å²) in [5.41, 5.74) is 1.87. The number of fused-ring (bicyclic) bond motifs is 1. The molecular formula is C14H13N3O3. The van der Waals surface area contributed by atoms with E-state index in [4.69, 9.17) is 0 Å². The van der Waals surface area contributed by atoms with Crippen LogP contribution in [-0.4, -0.2) is 31.6 Å². The van der Waals surface area contributed by atoms with Crippen molar-refractivity contribution in [1.82, 2.24) is 14.8 Å². The van der Waals surface area contributed by atoms with Crippen LogP contribution in [-0.2, 0) is 13.0 Å². The predicted molar refractivity (Wildman–Crippen MR) is 69.8 cm³/mol. The van der Waals surface area contributed by atoms with Crippen molar-refractivity contribution < 1.29 is 14.7 Å². The van der Waals surface area contributed by atoms with E-state index in [0.29, 0.717) is 19.4 Å². The van der Waals surface area contributed by atoms with E-state index in [0.717, 1.165) is 17.7 Å². The second-order valence-electron chi connectivity index (χ2n) is 4.77. The number of nitrogens with zero attached hydrogens (tertiary/aromatic N) is 3. The first-order chi connectivity index (χ1) is 9.66. The van der Waals surface area contributed by atoms with E-state index in [9.17, 15) is 14.7 Å². The zero-order valence-electron chi connectivity index (χ0n) is 10.7. The van der Waals surface area contributed by atoms with Crippen LogP contribution in [0.4, 0.5) is 0 Å². The van der Waals surface area contributed by atoms with Crippen LogP contribution in [0.3, 0.4) is 0 Å². The fraction of sp³-hybridized carbons (Fsp3) is 0.286. The van der Waals surface area contributed by atoms with Gasteiger partial charge in [0, 0.05) is 18.8 Å². The summed E-state index contributed by atoms with van der Waals surface area (Å²) in [5, 5.41) is 13.3. The lowest BCUT2D eigenvalue weighted by Gasteiger charge is -2.13. The van der Waals surface area contributed by atoms with Crippen LogP contribution >= 0.6 is 0 Å². The number of rotatable bonds is 3. The topological polar surface area (TPSA) is 85.1 Å². The minimum atomic E-state index is -1.15. The molecule has 0 aliphatic heterocycles. The summed E-state index contributed by atoms with van der Waals surface area (Å²) in [5.74, 6) is -1.27. The summed E-state index contributed by atoms with van der Waals surface area (Å²) in [7, 11) is 0. The molecule has 2 heterocycles. The van der Waals surface area contributed by atoms with Crippen molar-refractivity contribution in [2.75, 3.05) is 0 Å². The molecule has 0 atom stereocenters. The van der Waals surface area contributed by atoms with Gasteiger partial charge in [-0.15, -0.1) is 0 Å². The van der Waals surface area contributed by atoms with Crippen LogP contribution in [0.15, 0.2) is 24.5 Å². The Morgan fingerprint density at radius 3 is 2.75 bits per heavy atom. The van der Waals surface area contributed by atoms with Gasteiger partial charge in [-0.25, -0.2) is 4.79 Å². The van der Waals surface area contributed by atoms with Gasteiger partial charge in [0.1, 0.15) is 0 Å². The number of Topliss-reactive ketones (excluding diaryl/α,β-unsaturated/α-hetero) is 1. The second kappa shape index (κ2) is 4.88. The minimum absolute atomic E-state index is 0.121. The number of ketones is 1. The van der Waals surface area contributed by atoms with Gasteiger partial charge in [0.25, 0.3) is 0 Å². The van der Waals surface area contributed by atoms with Gasteiger partial charge < -0.3 is 5.11 Å². The average Bonchev–Trinajstić information content (AvgIpc) is 2.81. The summed E-state index contributed by atoms with van der Waals surface area (Å²) >= 11 is 0. The molecule has 0 fully saturated rings. The molecule has 102 valence electrons. The van der Waals surface area contributed by atoms with Gasteiger partial charge in [0.2, 0.25) is 0 Å². The summed E-state index contributed by atoms with van der Waals surface area (Å²) in [6, 6.07) is 3.69. The van der Waals surface area contributed by atoms with Crippen LogP contribution in [0.5, 0.6) is 0 Å². The third kappa shape index (κ3) is 2.09. The first-order valence-corrected chi connectivity index (χ1v) is 6.42. The Morgan fingerprint density at radius 1 is 1.30 bits per heavy atom. The Labute approximate surface area is 115 Å². The van der Waals surface area contributed by atoms with Crippen molar-refractivity contribution >= 4 is 11.8 Å².